The second-order valence-corrected chi connectivity index (χ2v) is 13.2. The van der Waals surface area contributed by atoms with Gasteiger partial charge in [0.25, 0.3) is 0 Å². The Hall–Kier alpha value is 0.506. The molecule has 4 unspecified atom stereocenters. The molecule has 4 atom stereocenters. The quantitative estimate of drug-likeness (QED) is 0.242. The van der Waals surface area contributed by atoms with E-state index in [0.29, 0.717) is 0 Å². The Morgan fingerprint density at radius 1 is 0.400 bits per heavy atom. The van der Waals surface area contributed by atoms with Gasteiger partial charge in [-0.15, -0.1) is 0 Å². The molecule has 0 aliphatic carbocycles. The van der Waals surface area contributed by atoms with Crippen LogP contribution in [0.15, 0.2) is 0 Å². The topological polar surface area (TPSA) is 0 Å². The molecule has 0 saturated carbocycles. The van der Waals surface area contributed by atoms with Crippen molar-refractivity contribution in [1.82, 2.24) is 0 Å². The zero-order valence-corrected chi connectivity index (χ0v) is 20.2. The average Bonchev–Trinajstić information content (AvgIpc) is 2.63. The molecule has 0 saturated heterocycles. The van der Waals surface area contributed by atoms with E-state index in [1.54, 1.807) is 0 Å². The summed E-state index contributed by atoms with van der Waals surface area (Å²) in [4.78, 5) is 4.11. The van der Waals surface area contributed by atoms with Crippen molar-refractivity contribution >= 4 is 0 Å². The Morgan fingerprint density at radius 2 is 0.600 bits per heavy atom. The van der Waals surface area contributed by atoms with Crippen LogP contribution in [0.5, 0.6) is 0 Å². The van der Waals surface area contributed by atoms with Crippen molar-refractivity contribution < 1.29 is 12.6 Å². The van der Waals surface area contributed by atoms with Crippen LogP contribution in [-0.4, -0.2) is 0 Å². The van der Waals surface area contributed by atoms with Gasteiger partial charge in [-0.25, -0.2) is 0 Å². The predicted octanol–water partition coefficient (Wildman–Crippen LogP) is 10.1. The predicted molar refractivity (Wildman–Crippen MR) is 116 cm³/mol. The van der Waals surface area contributed by atoms with Crippen molar-refractivity contribution in [2.24, 2.45) is 0 Å². The molecule has 0 spiro atoms. The minimum absolute atomic E-state index is 0.978. The van der Waals surface area contributed by atoms with Gasteiger partial charge in [0.1, 0.15) is 0 Å². The molecule has 0 aromatic rings. The molecule has 0 amide bonds. The van der Waals surface area contributed by atoms with Crippen LogP contribution in [0.1, 0.15) is 132 Å². The molecule has 25 heavy (non-hydrogen) atoms. The maximum absolute atomic E-state index is 2.52. The summed E-state index contributed by atoms with van der Waals surface area (Å²) in [7, 11) is 0. The molecule has 0 fully saturated rings. The maximum atomic E-state index is 2.52. The van der Waals surface area contributed by atoms with Crippen LogP contribution in [-0.2, 0) is 12.6 Å². The summed E-state index contributed by atoms with van der Waals surface area (Å²) in [5.41, 5.74) is 0. The minimum atomic E-state index is -0.978. The van der Waals surface area contributed by atoms with Gasteiger partial charge in [0.05, 0.1) is 0 Å². The Bertz CT molecular complexity index is 237. The molecule has 0 bridgehead atoms. The van der Waals surface area contributed by atoms with Gasteiger partial charge in [-0.1, -0.05) is 0 Å². The molecular weight excluding hydrogens is 347 g/mol. The monoisotopic (exact) mass is 399 g/mol. The third kappa shape index (κ3) is 6.27. The normalized spacial score (nSPS) is 20.5. The number of hydrogen-bond acceptors (Lipinski definition) is 0. The molecule has 0 N–H and O–H groups in total. The summed E-state index contributed by atoms with van der Waals surface area (Å²) >= 11 is -0.978. The Kier molecular flexibility index (Phi) is 14.8. The summed E-state index contributed by atoms with van der Waals surface area (Å²) in [5, 5.41) is 0. The molecule has 0 nitrogen and oxygen atoms in total. The van der Waals surface area contributed by atoms with Crippen LogP contribution in [0.3, 0.4) is 0 Å². The molecular formula is C24H52Co. The molecule has 0 aromatic carbocycles. The van der Waals surface area contributed by atoms with E-state index in [0.717, 1.165) is 19.4 Å². The first-order valence-electron chi connectivity index (χ1n) is 11.7. The number of hydrogen-bond donors (Lipinski definition) is 0. The van der Waals surface area contributed by atoms with E-state index in [1.807, 2.05) is 0 Å². The second kappa shape index (κ2) is 14.6. The molecule has 0 aromatic heterocycles. The van der Waals surface area contributed by atoms with Crippen LogP contribution in [0.4, 0.5) is 0 Å². The van der Waals surface area contributed by atoms with Gasteiger partial charge in [-0.3, -0.25) is 0 Å². The van der Waals surface area contributed by atoms with E-state index in [9.17, 15) is 0 Å². The van der Waals surface area contributed by atoms with E-state index in [2.05, 4.69) is 55.4 Å². The van der Waals surface area contributed by atoms with Gasteiger partial charge in [0.15, 0.2) is 0 Å². The van der Waals surface area contributed by atoms with Gasteiger partial charge in [0.2, 0.25) is 0 Å². The van der Waals surface area contributed by atoms with Gasteiger partial charge in [0, 0.05) is 0 Å². The van der Waals surface area contributed by atoms with Crippen molar-refractivity contribution in [3.8, 4) is 0 Å². The molecule has 0 radical (unpaired) electrons. The van der Waals surface area contributed by atoms with Gasteiger partial charge in [-0.2, -0.15) is 0 Å². The summed E-state index contributed by atoms with van der Waals surface area (Å²) in [6, 6.07) is 0. The van der Waals surface area contributed by atoms with Crippen LogP contribution >= 0.6 is 0 Å². The first-order valence-corrected chi connectivity index (χ1v) is 14.1. The molecule has 0 heterocycles. The van der Waals surface area contributed by atoms with Crippen LogP contribution in [0.2, 0.25) is 19.4 Å². The van der Waals surface area contributed by atoms with Crippen molar-refractivity contribution in [2.75, 3.05) is 0 Å². The standard InChI is InChI=1S/4C6H13.Co/c4*1-3-5-6-4-2;/h4*5H,3-4,6H2,1-2H3;. The van der Waals surface area contributed by atoms with E-state index in [4.69, 9.17) is 0 Å². The fraction of sp³-hybridized carbons (Fsp3) is 1.00. The van der Waals surface area contributed by atoms with E-state index >= 15 is 0 Å². The van der Waals surface area contributed by atoms with Gasteiger partial charge < -0.3 is 0 Å². The van der Waals surface area contributed by atoms with Gasteiger partial charge >= 0.3 is 164 Å². The molecule has 0 rings (SSSR count). The van der Waals surface area contributed by atoms with Crippen molar-refractivity contribution in [3.63, 3.8) is 0 Å². The van der Waals surface area contributed by atoms with Crippen LogP contribution in [0.25, 0.3) is 0 Å². The fourth-order valence-corrected chi connectivity index (χ4v) is 15.4. The molecule has 0 aliphatic heterocycles. The summed E-state index contributed by atoms with van der Waals surface area (Å²) in [5.74, 6) is 0. The Balaban J connectivity index is 6.41. The first-order chi connectivity index (χ1) is 12.1. The molecule has 0 aliphatic rings. The van der Waals surface area contributed by atoms with Crippen molar-refractivity contribution in [2.45, 2.75) is 152 Å². The van der Waals surface area contributed by atoms with Crippen LogP contribution in [0, 0.1) is 0 Å². The number of rotatable bonds is 16. The van der Waals surface area contributed by atoms with E-state index in [1.165, 1.54) is 77.0 Å². The van der Waals surface area contributed by atoms with E-state index < -0.39 is 12.6 Å². The van der Waals surface area contributed by atoms with Crippen molar-refractivity contribution in [3.05, 3.63) is 0 Å². The SMILES string of the molecule is CCC[CH](CC)[Co]([CH](CC)CCC)([CH](CC)CCC)[CH](CC)CCC. The summed E-state index contributed by atoms with van der Waals surface area (Å²) in [6.45, 7) is 19.8. The average molecular weight is 400 g/mol. The molecule has 157 valence electrons. The second-order valence-electron chi connectivity index (χ2n) is 7.70. The summed E-state index contributed by atoms with van der Waals surface area (Å²) in [6.07, 6.45) is 17.2. The first kappa shape index (κ1) is 25.5. The zero-order valence-electron chi connectivity index (χ0n) is 19.1. The molecule has 1 heteroatoms. The summed E-state index contributed by atoms with van der Waals surface area (Å²) < 4.78 is 0. The van der Waals surface area contributed by atoms with E-state index in [-0.39, 0.29) is 0 Å². The Labute approximate surface area is 164 Å². The third-order valence-corrected chi connectivity index (χ3v) is 14.7. The zero-order chi connectivity index (χ0) is 19.3. The van der Waals surface area contributed by atoms with Crippen LogP contribution < -0.4 is 0 Å². The van der Waals surface area contributed by atoms with Gasteiger partial charge in [-0.05, 0) is 0 Å². The third-order valence-electron chi connectivity index (χ3n) is 5.94. The fourth-order valence-electron chi connectivity index (χ4n) is 4.96. The Morgan fingerprint density at radius 3 is 0.720 bits per heavy atom. The van der Waals surface area contributed by atoms with Crippen molar-refractivity contribution in [1.29, 1.82) is 0 Å².